The summed E-state index contributed by atoms with van der Waals surface area (Å²) in [5.74, 6) is -1.47. The van der Waals surface area contributed by atoms with Gasteiger partial charge in [0.2, 0.25) is 10.0 Å². The van der Waals surface area contributed by atoms with Crippen LogP contribution in [0.4, 0.5) is 4.79 Å². The Kier molecular flexibility index (Phi) is 4.29. The predicted octanol–water partition coefficient (Wildman–Crippen LogP) is -1.47. The van der Waals surface area contributed by atoms with E-state index in [-0.39, 0.29) is 24.9 Å². The normalized spacial score (nSPS) is 15.4. The molecular weight excluding hydrogens is 250 g/mol. The smallest absolute Gasteiger partial charge is 0.323 e. The average Bonchev–Trinajstić information content (AvgIpc) is 2.94. The van der Waals surface area contributed by atoms with E-state index in [2.05, 4.69) is 5.32 Å². The van der Waals surface area contributed by atoms with Gasteiger partial charge < -0.3 is 15.3 Å². The number of sulfonamides is 1. The van der Waals surface area contributed by atoms with Crippen LogP contribution >= 0.6 is 0 Å². The fourth-order valence-electron chi connectivity index (χ4n) is 1.30. The molecule has 1 aliphatic carbocycles. The van der Waals surface area contributed by atoms with Crippen LogP contribution in [0, 0.1) is 0 Å². The van der Waals surface area contributed by atoms with Gasteiger partial charge in [0.25, 0.3) is 0 Å². The summed E-state index contributed by atoms with van der Waals surface area (Å²) in [7, 11) is -3.62. The van der Waals surface area contributed by atoms with Crippen molar-refractivity contribution in [2.75, 3.05) is 18.8 Å². The van der Waals surface area contributed by atoms with Crippen LogP contribution in [0.5, 0.6) is 0 Å². The van der Waals surface area contributed by atoms with E-state index >= 15 is 0 Å². The van der Waals surface area contributed by atoms with Crippen molar-refractivity contribution in [3.63, 3.8) is 0 Å². The number of carboxylic acids is 1. The Morgan fingerprint density at radius 3 is 2.41 bits per heavy atom. The molecule has 0 aromatic carbocycles. The molecule has 0 aromatic heterocycles. The number of nitrogens with zero attached hydrogens (tertiary/aromatic N) is 1. The van der Waals surface area contributed by atoms with E-state index < -0.39 is 22.0 Å². The van der Waals surface area contributed by atoms with Crippen molar-refractivity contribution in [2.45, 2.75) is 18.9 Å². The maximum Gasteiger partial charge on any atom is 0.323 e. The number of rotatable bonds is 6. The van der Waals surface area contributed by atoms with Crippen LogP contribution < -0.4 is 10.5 Å². The lowest BCUT2D eigenvalue weighted by molar-refractivity contribution is -0.137. The van der Waals surface area contributed by atoms with Gasteiger partial charge in [-0.05, 0) is 12.8 Å². The summed E-state index contributed by atoms with van der Waals surface area (Å²) in [4.78, 5) is 23.3. The first-order valence-corrected chi connectivity index (χ1v) is 6.78. The molecule has 1 rings (SSSR count). The fourth-order valence-corrected chi connectivity index (χ4v) is 1.69. The van der Waals surface area contributed by atoms with Crippen LogP contribution in [0.15, 0.2) is 0 Å². The minimum atomic E-state index is -3.62. The quantitative estimate of drug-likeness (QED) is 0.540. The molecule has 0 aromatic rings. The fraction of sp³-hybridized carbons (Fsp3) is 0.750. The van der Waals surface area contributed by atoms with Gasteiger partial charge in [0.05, 0.1) is 5.75 Å². The molecule has 0 atom stereocenters. The van der Waals surface area contributed by atoms with Crippen molar-refractivity contribution in [3.8, 4) is 0 Å². The number of carbonyl (C=O) groups is 2. The summed E-state index contributed by atoms with van der Waals surface area (Å²) in [5.41, 5.74) is 0. The van der Waals surface area contributed by atoms with Crippen LogP contribution in [0.3, 0.4) is 0 Å². The van der Waals surface area contributed by atoms with Crippen LogP contribution in [0.1, 0.15) is 12.8 Å². The molecule has 0 aliphatic heterocycles. The van der Waals surface area contributed by atoms with Crippen molar-refractivity contribution >= 4 is 22.0 Å². The molecule has 2 amide bonds. The van der Waals surface area contributed by atoms with Crippen molar-refractivity contribution in [3.05, 3.63) is 0 Å². The molecule has 0 bridgehead atoms. The number of primary sulfonamides is 1. The number of nitrogens with one attached hydrogen (secondary N) is 1. The number of nitrogens with two attached hydrogens (primary N) is 1. The van der Waals surface area contributed by atoms with Crippen LogP contribution in [-0.4, -0.2) is 55.3 Å². The highest BCUT2D eigenvalue weighted by Gasteiger charge is 2.33. The molecule has 0 unspecified atom stereocenters. The van der Waals surface area contributed by atoms with Gasteiger partial charge in [-0.2, -0.15) is 0 Å². The summed E-state index contributed by atoms with van der Waals surface area (Å²) in [6, 6.07) is -0.626. The third-order valence-electron chi connectivity index (χ3n) is 2.22. The van der Waals surface area contributed by atoms with Gasteiger partial charge in [-0.3, -0.25) is 4.79 Å². The Hall–Kier alpha value is -1.35. The summed E-state index contributed by atoms with van der Waals surface area (Å²) in [6.45, 7) is -0.508. The van der Waals surface area contributed by atoms with Crippen molar-refractivity contribution < 1.29 is 23.1 Å². The van der Waals surface area contributed by atoms with E-state index in [1.807, 2.05) is 0 Å². The number of hydrogen-bond acceptors (Lipinski definition) is 4. The molecule has 1 aliphatic rings. The largest absolute Gasteiger partial charge is 0.480 e. The number of amides is 2. The average molecular weight is 265 g/mol. The molecule has 4 N–H and O–H groups in total. The summed E-state index contributed by atoms with van der Waals surface area (Å²) in [5, 5.41) is 15.7. The zero-order chi connectivity index (χ0) is 13.1. The van der Waals surface area contributed by atoms with Gasteiger partial charge in [0.1, 0.15) is 6.54 Å². The molecule has 0 saturated heterocycles. The highest BCUT2D eigenvalue weighted by molar-refractivity contribution is 7.89. The highest BCUT2D eigenvalue weighted by atomic mass is 32.2. The minimum Gasteiger partial charge on any atom is -0.480 e. The Balaban J connectivity index is 2.40. The van der Waals surface area contributed by atoms with Gasteiger partial charge >= 0.3 is 12.0 Å². The SMILES string of the molecule is NS(=O)(=O)CCNC(=O)N(CC(=O)O)C1CC1. The number of hydrogen-bond donors (Lipinski definition) is 3. The molecule has 98 valence electrons. The third-order valence-corrected chi connectivity index (χ3v) is 2.99. The topological polar surface area (TPSA) is 130 Å². The van der Waals surface area contributed by atoms with Gasteiger partial charge in [0.15, 0.2) is 0 Å². The molecule has 1 saturated carbocycles. The van der Waals surface area contributed by atoms with Crippen molar-refractivity contribution in [1.29, 1.82) is 0 Å². The lowest BCUT2D eigenvalue weighted by Crippen LogP contribution is -2.45. The number of urea groups is 1. The van der Waals surface area contributed by atoms with E-state index in [1.165, 1.54) is 4.90 Å². The second kappa shape index (κ2) is 5.32. The Morgan fingerprint density at radius 1 is 1.41 bits per heavy atom. The number of aliphatic carboxylic acids is 1. The summed E-state index contributed by atoms with van der Waals surface area (Å²) >= 11 is 0. The maximum absolute atomic E-state index is 11.6. The Bertz CT molecular complexity index is 403. The van der Waals surface area contributed by atoms with Crippen LogP contribution in [0.2, 0.25) is 0 Å². The first kappa shape index (κ1) is 13.7. The lowest BCUT2D eigenvalue weighted by Gasteiger charge is -2.20. The maximum atomic E-state index is 11.6. The zero-order valence-corrected chi connectivity index (χ0v) is 9.94. The zero-order valence-electron chi connectivity index (χ0n) is 9.13. The van der Waals surface area contributed by atoms with Gasteiger partial charge in [-0.15, -0.1) is 0 Å². The van der Waals surface area contributed by atoms with E-state index in [0.717, 1.165) is 12.8 Å². The van der Waals surface area contributed by atoms with Crippen molar-refractivity contribution in [1.82, 2.24) is 10.2 Å². The molecule has 0 heterocycles. The van der Waals surface area contributed by atoms with Gasteiger partial charge in [0, 0.05) is 12.6 Å². The second-order valence-corrected chi connectivity index (χ2v) is 5.59. The first-order chi connectivity index (χ1) is 7.79. The lowest BCUT2D eigenvalue weighted by atomic mass is 10.5. The molecule has 8 nitrogen and oxygen atoms in total. The first-order valence-electron chi connectivity index (χ1n) is 5.06. The second-order valence-electron chi connectivity index (χ2n) is 3.85. The number of carbonyl (C=O) groups excluding carboxylic acids is 1. The minimum absolute atomic E-state index is 0.0550. The Morgan fingerprint density at radius 2 is 2.00 bits per heavy atom. The van der Waals surface area contributed by atoms with Crippen LogP contribution in [-0.2, 0) is 14.8 Å². The molecule has 0 radical (unpaired) electrons. The van der Waals surface area contributed by atoms with E-state index in [0.29, 0.717) is 0 Å². The number of carboxylic acid groups (broad SMARTS) is 1. The summed E-state index contributed by atoms with van der Waals surface area (Å²) < 4.78 is 21.3. The third kappa shape index (κ3) is 5.50. The van der Waals surface area contributed by atoms with E-state index in [4.69, 9.17) is 10.2 Å². The summed E-state index contributed by atoms with van der Waals surface area (Å²) in [6.07, 6.45) is 1.55. The van der Waals surface area contributed by atoms with Crippen molar-refractivity contribution in [2.24, 2.45) is 5.14 Å². The molecular formula is C8H15N3O5S. The van der Waals surface area contributed by atoms with Gasteiger partial charge in [-0.25, -0.2) is 18.4 Å². The molecule has 17 heavy (non-hydrogen) atoms. The van der Waals surface area contributed by atoms with Gasteiger partial charge in [-0.1, -0.05) is 0 Å². The standard InChI is InChI=1S/C8H15N3O5S/c9-17(15,16)4-3-10-8(14)11(5-7(12)13)6-1-2-6/h6H,1-5H2,(H,10,14)(H,12,13)(H2,9,15,16). The highest BCUT2D eigenvalue weighted by Crippen LogP contribution is 2.26. The molecule has 9 heteroatoms. The monoisotopic (exact) mass is 265 g/mol. The van der Waals surface area contributed by atoms with E-state index in [9.17, 15) is 18.0 Å². The molecule has 1 fully saturated rings. The Labute approximate surface area is 98.8 Å². The van der Waals surface area contributed by atoms with Crippen LogP contribution in [0.25, 0.3) is 0 Å². The van der Waals surface area contributed by atoms with E-state index in [1.54, 1.807) is 0 Å². The predicted molar refractivity (Wildman–Crippen MR) is 58.7 cm³/mol. The molecule has 0 spiro atoms.